The number of hydrogen-bond donors (Lipinski definition) is 1. The van der Waals surface area contributed by atoms with Crippen LogP contribution in [0.5, 0.6) is 0 Å². The zero-order valence-corrected chi connectivity index (χ0v) is 11.9. The Hall–Kier alpha value is -0.980. The van der Waals surface area contributed by atoms with Crippen LogP contribution in [0.1, 0.15) is 36.0 Å². The average molecular weight is 260 g/mol. The van der Waals surface area contributed by atoms with Gasteiger partial charge in [-0.3, -0.25) is 0 Å². The quantitative estimate of drug-likeness (QED) is 0.883. The Labute approximate surface area is 114 Å². The second kappa shape index (κ2) is 5.77. The summed E-state index contributed by atoms with van der Waals surface area (Å²) in [5, 5.41) is 12.4. The number of rotatable bonds is 5. The van der Waals surface area contributed by atoms with Gasteiger partial charge in [0.15, 0.2) is 0 Å². The summed E-state index contributed by atoms with van der Waals surface area (Å²) in [6, 6.07) is 8.11. The van der Waals surface area contributed by atoms with Crippen LogP contribution in [0.3, 0.4) is 0 Å². The van der Waals surface area contributed by atoms with Gasteiger partial charge in [0.05, 0.1) is 11.6 Å². The fraction of sp³-hybridized carbons (Fsp3) is 0.533. The van der Waals surface area contributed by atoms with Crippen molar-refractivity contribution in [1.29, 1.82) is 5.26 Å². The largest absolute Gasteiger partial charge is 0.311 e. The van der Waals surface area contributed by atoms with Gasteiger partial charge in [-0.05, 0) is 49.3 Å². The molecule has 0 aromatic heterocycles. The summed E-state index contributed by atoms with van der Waals surface area (Å²) in [7, 11) is 0. The monoisotopic (exact) mass is 260 g/mol. The Bertz CT molecular complexity index is 453. The Balaban J connectivity index is 1.89. The minimum atomic E-state index is 0.487. The summed E-state index contributed by atoms with van der Waals surface area (Å²) in [5.74, 6) is 0. The van der Waals surface area contributed by atoms with Crippen molar-refractivity contribution in [1.82, 2.24) is 5.32 Å². The highest BCUT2D eigenvalue weighted by Gasteiger charge is 2.35. The van der Waals surface area contributed by atoms with E-state index in [9.17, 15) is 0 Å². The fourth-order valence-electron chi connectivity index (χ4n) is 2.41. The van der Waals surface area contributed by atoms with Crippen LogP contribution in [0.15, 0.2) is 18.2 Å². The lowest BCUT2D eigenvalue weighted by atomic mass is 9.84. The van der Waals surface area contributed by atoms with E-state index >= 15 is 0 Å². The number of thioether (sulfide) groups is 1. The first-order chi connectivity index (χ1) is 8.69. The Morgan fingerprint density at radius 2 is 2.22 bits per heavy atom. The maximum atomic E-state index is 8.84. The molecule has 1 saturated carbocycles. The molecule has 1 N–H and O–H groups in total. The molecule has 0 atom stereocenters. The summed E-state index contributed by atoms with van der Waals surface area (Å²) >= 11 is 2.00. The molecule has 1 fully saturated rings. The van der Waals surface area contributed by atoms with Gasteiger partial charge in [0, 0.05) is 17.8 Å². The first-order valence-corrected chi connectivity index (χ1v) is 7.67. The molecule has 0 amide bonds. The van der Waals surface area contributed by atoms with Crippen molar-refractivity contribution in [2.75, 3.05) is 12.8 Å². The highest BCUT2D eigenvalue weighted by atomic mass is 32.2. The maximum Gasteiger partial charge on any atom is 0.0991 e. The van der Waals surface area contributed by atoms with Crippen LogP contribution in [0.2, 0.25) is 0 Å². The number of nitrogens with one attached hydrogen (secondary N) is 1. The van der Waals surface area contributed by atoms with E-state index in [-0.39, 0.29) is 0 Å². The average Bonchev–Trinajstić information content (AvgIpc) is 2.34. The molecule has 0 bridgehead atoms. The molecular weight excluding hydrogens is 240 g/mol. The topological polar surface area (TPSA) is 35.8 Å². The van der Waals surface area contributed by atoms with Crippen molar-refractivity contribution in [2.24, 2.45) is 0 Å². The lowest BCUT2D eigenvalue weighted by Crippen LogP contribution is -2.43. The zero-order valence-electron chi connectivity index (χ0n) is 11.1. The molecule has 1 aliphatic carbocycles. The normalized spacial score (nSPS) is 16.9. The summed E-state index contributed by atoms with van der Waals surface area (Å²) in [4.78, 5) is 0. The van der Waals surface area contributed by atoms with Gasteiger partial charge >= 0.3 is 0 Å². The molecule has 0 spiro atoms. The van der Waals surface area contributed by atoms with Gasteiger partial charge in [-0.25, -0.2) is 0 Å². The molecule has 0 unspecified atom stereocenters. The van der Waals surface area contributed by atoms with Crippen LogP contribution in [0.25, 0.3) is 0 Å². The van der Waals surface area contributed by atoms with Gasteiger partial charge in [0.2, 0.25) is 0 Å². The molecule has 0 saturated heterocycles. The number of nitriles is 1. The van der Waals surface area contributed by atoms with Gasteiger partial charge in [-0.1, -0.05) is 12.5 Å². The van der Waals surface area contributed by atoms with Crippen molar-refractivity contribution < 1.29 is 0 Å². The van der Waals surface area contributed by atoms with Gasteiger partial charge in [-0.15, -0.1) is 0 Å². The molecular formula is C15H20N2S. The van der Waals surface area contributed by atoms with Gasteiger partial charge in [0.1, 0.15) is 0 Å². The predicted octanol–water partition coefficient (Wildman–Crippen LogP) is 3.24. The highest BCUT2D eigenvalue weighted by molar-refractivity contribution is 8.00. The van der Waals surface area contributed by atoms with E-state index in [2.05, 4.69) is 30.6 Å². The molecule has 2 rings (SSSR count). The zero-order chi connectivity index (χ0) is 13.0. The molecule has 1 aliphatic rings. The number of hydrogen-bond acceptors (Lipinski definition) is 3. The molecule has 1 aromatic carbocycles. The minimum Gasteiger partial charge on any atom is -0.311 e. The predicted molar refractivity (Wildman–Crippen MR) is 77.7 cm³/mol. The Morgan fingerprint density at radius 1 is 1.44 bits per heavy atom. The first kappa shape index (κ1) is 13.5. The lowest BCUT2D eigenvalue weighted by Gasteiger charge is -2.40. The van der Waals surface area contributed by atoms with E-state index in [0.717, 1.165) is 18.7 Å². The van der Waals surface area contributed by atoms with Crippen LogP contribution in [0.4, 0.5) is 0 Å². The van der Waals surface area contributed by atoms with Gasteiger partial charge in [-0.2, -0.15) is 17.0 Å². The molecule has 2 nitrogen and oxygen atoms in total. The number of aryl methyl sites for hydroxylation is 1. The van der Waals surface area contributed by atoms with E-state index in [1.807, 2.05) is 23.9 Å². The lowest BCUT2D eigenvalue weighted by molar-refractivity contribution is 0.345. The van der Waals surface area contributed by atoms with Crippen LogP contribution < -0.4 is 5.32 Å². The van der Waals surface area contributed by atoms with E-state index < -0.39 is 0 Å². The standard InChI is InChI=1S/C15H20N2S/c1-12-8-13(9-16)4-5-14(12)10-17-11-15(18-2)6-3-7-15/h4-5,8,17H,3,6-7,10-11H2,1-2H3. The van der Waals surface area contributed by atoms with Crippen LogP contribution >= 0.6 is 11.8 Å². The van der Waals surface area contributed by atoms with Crippen molar-refractivity contribution in [2.45, 2.75) is 37.5 Å². The van der Waals surface area contributed by atoms with Crippen LogP contribution in [-0.2, 0) is 6.54 Å². The van der Waals surface area contributed by atoms with Crippen LogP contribution in [-0.4, -0.2) is 17.5 Å². The smallest absolute Gasteiger partial charge is 0.0991 e. The molecule has 0 aliphatic heterocycles. The fourth-order valence-corrected chi connectivity index (χ4v) is 3.36. The summed E-state index contributed by atoms with van der Waals surface area (Å²) < 4.78 is 0.487. The summed E-state index contributed by atoms with van der Waals surface area (Å²) in [6.07, 6.45) is 6.27. The van der Waals surface area contributed by atoms with Gasteiger partial charge < -0.3 is 5.32 Å². The third kappa shape index (κ3) is 2.88. The molecule has 0 heterocycles. The molecule has 0 radical (unpaired) electrons. The summed E-state index contributed by atoms with van der Waals surface area (Å²) in [6.45, 7) is 4.07. The molecule has 3 heteroatoms. The molecule has 18 heavy (non-hydrogen) atoms. The molecule has 1 aromatic rings. The minimum absolute atomic E-state index is 0.487. The first-order valence-electron chi connectivity index (χ1n) is 6.45. The Kier molecular flexibility index (Phi) is 4.31. The Morgan fingerprint density at radius 3 is 2.72 bits per heavy atom. The van der Waals surface area contributed by atoms with E-state index in [1.165, 1.54) is 30.4 Å². The van der Waals surface area contributed by atoms with E-state index in [4.69, 9.17) is 5.26 Å². The number of nitrogens with zero attached hydrogens (tertiary/aromatic N) is 1. The summed E-state index contributed by atoms with van der Waals surface area (Å²) in [5.41, 5.74) is 3.24. The van der Waals surface area contributed by atoms with Crippen molar-refractivity contribution in [3.63, 3.8) is 0 Å². The SMILES string of the molecule is CSC1(CNCc2ccc(C#N)cc2C)CCC1. The van der Waals surface area contributed by atoms with Crippen molar-refractivity contribution >= 4 is 11.8 Å². The van der Waals surface area contributed by atoms with Crippen molar-refractivity contribution in [3.05, 3.63) is 34.9 Å². The third-order valence-corrected chi connectivity index (χ3v) is 5.35. The van der Waals surface area contributed by atoms with E-state index in [1.54, 1.807) is 0 Å². The second-order valence-electron chi connectivity index (χ2n) is 5.10. The second-order valence-corrected chi connectivity index (χ2v) is 6.37. The third-order valence-electron chi connectivity index (χ3n) is 3.93. The maximum absolute atomic E-state index is 8.84. The van der Waals surface area contributed by atoms with E-state index in [0.29, 0.717) is 4.75 Å². The molecule has 96 valence electrons. The number of benzene rings is 1. The van der Waals surface area contributed by atoms with Crippen LogP contribution in [0, 0.1) is 18.3 Å². The van der Waals surface area contributed by atoms with Crippen molar-refractivity contribution in [3.8, 4) is 6.07 Å². The van der Waals surface area contributed by atoms with Gasteiger partial charge in [0.25, 0.3) is 0 Å². The highest BCUT2D eigenvalue weighted by Crippen LogP contribution is 2.42.